The average Bonchev–Trinajstić information content (AvgIpc) is 2.74. The van der Waals surface area contributed by atoms with E-state index < -0.39 is 12.0 Å². The molecule has 1 heterocycles. The lowest BCUT2D eigenvalue weighted by Crippen LogP contribution is -2.42. The van der Waals surface area contributed by atoms with E-state index in [1.54, 1.807) is 18.2 Å². The number of carbonyl (C=O) groups excluding carboxylic acids is 1. The Morgan fingerprint density at radius 2 is 2.16 bits per heavy atom. The van der Waals surface area contributed by atoms with Gasteiger partial charge in [-0.25, -0.2) is 4.79 Å². The first kappa shape index (κ1) is 13.9. The Labute approximate surface area is 119 Å². The average molecular weight is 327 g/mol. The number of anilines is 1. The van der Waals surface area contributed by atoms with Gasteiger partial charge in [0.2, 0.25) is 0 Å². The van der Waals surface area contributed by atoms with Crippen LogP contribution in [-0.2, 0) is 4.79 Å². The van der Waals surface area contributed by atoms with Crippen LogP contribution in [0.3, 0.4) is 0 Å². The Morgan fingerprint density at radius 1 is 1.47 bits per heavy atom. The number of hydrogen-bond donors (Lipinski definition) is 2. The number of amides is 1. The predicted molar refractivity (Wildman–Crippen MR) is 74.8 cm³/mol. The third-order valence-corrected chi connectivity index (χ3v) is 4.18. The number of nitrogens with two attached hydrogens (primary N) is 1. The molecule has 1 fully saturated rings. The molecule has 19 heavy (non-hydrogen) atoms. The summed E-state index contributed by atoms with van der Waals surface area (Å²) in [6, 6.07) is 4.15. The molecule has 3 N–H and O–H groups in total. The van der Waals surface area contributed by atoms with Gasteiger partial charge in [0.05, 0.1) is 0 Å². The molecular weight excluding hydrogens is 312 g/mol. The highest BCUT2D eigenvalue weighted by Crippen LogP contribution is 2.27. The van der Waals surface area contributed by atoms with Gasteiger partial charge in [-0.3, -0.25) is 4.79 Å². The van der Waals surface area contributed by atoms with Crippen molar-refractivity contribution >= 4 is 33.5 Å². The number of benzene rings is 1. The van der Waals surface area contributed by atoms with Crippen molar-refractivity contribution in [1.82, 2.24) is 4.90 Å². The third kappa shape index (κ3) is 2.58. The number of aliphatic carboxylic acids is 1. The molecule has 1 saturated heterocycles. The fraction of sp³-hybridized carbons (Fsp3) is 0.385. The normalized spacial score (nSPS) is 22.5. The molecule has 1 aromatic rings. The van der Waals surface area contributed by atoms with Crippen molar-refractivity contribution in [3.8, 4) is 0 Å². The molecule has 0 radical (unpaired) electrons. The van der Waals surface area contributed by atoms with Gasteiger partial charge in [0.1, 0.15) is 6.04 Å². The Hall–Kier alpha value is -1.56. The zero-order valence-electron chi connectivity index (χ0n) is 10.5. The highest BCUT2D eigenvalue weighted by atomic mass is 79.9. The highest BCUT2D eigenvalue weighted by molar-refractivity contribution is 9.10. The van der Waals surface area contributed by atoms with E-state index >= 15 is 0 Å². The second-order valence-electron chi connectivity index (χ2n) is 4.78. The maximum Gasteiger partial charge on any atom is 0.326 e. The maximum atomic E-state index is 12.4. The van der Waals surface area contributed by atoms with Crippen molar-refractivity contribution in [3.63, 3.8) is 0 Å². The number of nitrogens with zero attached hydrogens (tertiary/aromatic N) is 1. The number of carboxylic acids is 1. The van der Waals surface area contributed by atoms with E-state index in [-0.39, 0.29) is 11.8 Å². The van der Waals surface area contributed by atoms with E-state index in [1.165, 1.54) is 4.90 Å². The monoisotopic (exact) mass is 326 g/mol. The van der Waals surface area contributed by atoms with Crippen LogP contribution in [0.1, 0.15) is 23.7 Å². The van der Waals surface area contributed by atoms with Crippen molar-refractivity contribution in [1.29, 1.82) is 0 Å². The molecule has 0 aliphatic carbocycles. The van der Waals surface area contributed by atoms with Gasteiger partial charge < -0.3 is 15.7 Å². The second kappa shape index (κ2) is 5.21. The second-order valence-corrected chi connectivity index (χ2v) is 5.64. The number of hydrogen-bond acceptors (Lipinski definition) is 3. The number of carbonyl (C=O) groups is 2. The lowest BCUT2D eigenvalue weighted by Gasteiger charge is -2.23. The molecule has 0 saturated carbocycles. The number of nitrogen functional groups attached to an aromatic ring is 1. The summed E-state index contributed by atoms with van der Waals surface area (Å²) in [5.41, 5.74) is 6.63. The quantitative estimate of drug-likeness (QED) is 0.814. The molecular formula is C13H15BrN2O3. The van der Waals surface area contributed by atoms with Gasteiger partial charge in [-0.05, 0) is 46.5 Å². The van der Waals surface area contributed by atoms with Gasteiger partial charge in [0, 0.05) is 22.3 Å². The minimum atomic E-state index is -0.955. The van der Waals surface area contributed by atoms with E-state index in [4.69, 9.17) is 5.73 Å². The lowest BCUT2D eigenvalue weighted by molar-refractivity contribution is -0.142. The lowest BCUT2D eigenvalue weighted by atomic mass is 10.0. The number of halogens is 1. The molecule has 1 aromatic carbocycles. The van der Waals surface area contributed by atoms with Crippen LogP contribution in [0.15, 0.2) is 22.7 Å². The van der Waals surface area contributed by atoms with Crippen LogP contribution in [0.2, 0.25) is 0 Å². The summed E-state index contributed by atoms with van der Waals surface area (Å²) in [4.78, 5) is 25.0. The number of carboxylic acid groups (broad SMARTS) is 1. The Kier molecular flexibility index (Phi) is 3.80. The summed E-state index contributed by atoms with van der Waals surface area (Å²) in [5, 5.41) is 9.22. The van der Waals surface area contributed by atoms with Crippen molar-refractivity contribution in [3.05, 3.63) is 28.2 Å². The molecule has 2 atom stereocenters. The smallest absolute Gasteiger partial charge is 0.326 e. The van der Waals surface area contributed by atoms with Crippen molar-refractivity contribution in [2.75, 3.05) is 12.3 Å². The van der Waals surface area contributed by atoms with Gasteiger partial charge in [0.15, 0.2) is 0 Å². The van der Waals surface area contributed by atoms with Crippen LogP contribution in [0.4, 0.5) is 5.69 Å². The largest absolute Gasteiger partial charge is 0.480 e. The first-order chi connectivity index (χ1) is 8.91. The van der Waals surface area contributed by atoms with E-state index in [1.807, 2.05) is 6.92 Å². The first-order valence-electron chi connectivity index (χ1n) is 6.00. The first-order valence-corrected chi connectivity index (χ1v) is 6.80. The van der Waals surface area contributed by atoms with Crippen molar-refractivity contribution < 1.29 is 14.7 Å². The number of likely N-dealkylation sites (tertiary alicyclic amines) is 1. The van der Waals surface area contributed by atoms with Crippen LogP contribution in [0.25, 0.3) is 0 Å². The molecule has 1 aliphatic rings. The highest BCUT2D eigenvalue weighted by Gasteiger charge is 2.39. The summed E-state index contributed by atoms with van der Waals surface area (Å²) in [6.07, 6.45) is 0.703. The van der Waals surface area contributed by atoms with Crippen LogP contribution in [-0.4, -0.2) is 34.5 Å². The third-order valence-electron chi connectivity index (χ3n) is 3.46. The van der Waals surface area contributed by atoms with Crippen LogP contribution in [0, 0.1) is 5.92 Å². The summed E-state index contributed by atoms with van der Waals surface area (Å²) in [5.74, 6) is -1.27. The summed E-state index contributed by atoms with van der Waals surface area (Å²) >= 11 is 3.26. The zero-order chi connectivity index (χ0) is 14.2. The van der Waals surface area contributed by atoms with Crippen LogP contribution < -0.4 is 5.73 Å². The minimum Gasteiger partial charge on any atom is -0.480 e. The summed E-state index contributed by atoms with van der Waals surface area (Å²) < 4.78 is 0.716. The van der Waals surface area contributed by atoms with E-state index in [0.717, 1.165) is 0 Å². The fourth-order valence-electron chi connectivity index (χ4n) is 2.39. The Balaban J connectivity index is 2.28. The van der Waals surface area contributed by atoms with E-state index in [0.29, 0.717) is 28.7 Å². The molecule has 1 amide bonds. The fourth-order valence-corrected chi connectivity index (χ4v) is 2.64. The van der Waals surface area contributed by atoms with Crippen molar-refractivity contribution in [2.45, 2.75) is 19.4 Å². The molecule has 0 aromatic heterocycles. The van der Waals surface area contributed by atoms with E-state index in [2.05, 4.69) is 15.9 Å². The Morgan fingerprint density at radius 3 is 2.74 bits per heavy atom. The maximum absolute atomic E-state index is 12.4. The number of rotatable bonds is 2. The van der Waals surface area contributed by atoms with Gasteiger partial charge in [-0.15, -0.1) is 0 Å². The topological polar surface area (TPSA) is 83.6 Å². The molecule has 2 rings (SSSR count). The van der Waals surface area contributed by atoms with Gasteiger partial charge in [0.25, 0.3) is 5.91 Å². The molecule has 5 nitrogen and oxygen atoms in total. The molecule has 6 heteroatoms. The Bertz CT molecular complexity index is 533. The summed E-state index contributed by atoms with van der Waals surface area (Å²) in [6.45, 7) is 2.31. The standard InChI is InChI=1S/C13H15BrN2O3/c1-7-4-5-16(11(7)13(18)19)12(17)8-2-3-9(14)10(15)6-8/h2-3,6-7,11H,4-5,15H2,1H3,(H,18,19). The predicted octanol–water partition coefficient (Wildman–Crippen LogP) is 1.97. The van der Waals surface area contributed by atoms with E-state index in [9.17, 15) is 14.7 Å². The minimum absolute atomic E-state index is 0.0331. The van der Waals surface area contributed by atoms with Crippen molar-refractivity contribution in [2.24, 2.45) is 5.92 Å². The summed E-state index contributed by atoms with van der Waals surface area (Å²) in [7, 11) is 0. The molecule has 0 bridgehead atoms. The van der Waals surface area contributed by atoms with Crippen LogP contribution in [0.5, 0.6) is 0 Å². The van der Waals surface area contributed by atoms with Gasteiger partial charge in [-0.2, -0.15) is 0 Å². The van der Waals surface area contributed by atoms with Gasteiger partial charge in [-0.1, -0.05) is 6.92 Å². The molecule has 0 spiro atoms. The molecule has 1 aliphatic heterocycles. The SMILES string of the molecule is CC1CCN(C(=O)c2ccc(Br)c(N)c2)C1C(=O)O. The molecule has 2 unspecified atom stereocenters. The molecule has 102 valence electrons. The van der Waals surface area contributed by atoms with Gasteiger partial charge >= 0.3 is 5.97 Å². The zero-order valence-corrected chi connectivity index (χ0v) is 12.1. The van der Waals surface area contributed by atoms with Crippen LogP contribution >= 0.6 is 15.9 Å².